The van der Waals surface area contributed by atoms with E-state index < -0.39 is 20.9 Å². The van der Waals surface area contributed by atoms with Crippen molar-refractivity contribution < 1.29 is 22.9 Å². The van der Waals surface area contributed by atoms with Gasteiger partial charge >= 0.3 is 0 Å². The van der Waals surface area contributed by atoms with Gasteiger partial charge in [0.15, 0.2) is 0 Å². The number of sulfonamides is 1. The number of hydrogen-bond donors (Lipinski definition) is 2. The molecule has 166 valence electrons. The zero-order valence-electron chi connectivity index (χ0n) is 17.6. The Kier molecular flexibility index (Phi) is 6.45. The molecular formula is C22H21N3O6S. The normalized spacial score (nSPS) is 11.0. The van der Waals surface area contributed by atoms with Crippen LogP contribution in [-0.2, 0) is 10.0 Å². The largest absolute Gasteiger partial charge is 0.495 e. The molecule has 0 saturated heterocycles. The van der Waals surface area contributed by atoms with E-state index in [1.165, 1.54) is 37.4 Å². The van der Waals surface area contributed by atoms with Crippen molar-refractivity contribution in [3.8, 4) is 5.75 Å². The smallest absolute Gasteiger partial charge is 0.271 e. The molecule has 32 heavy (non-hydrogen) atoms. The van der Waals surface area contributed by atoms with Crippen LogP contribution >= 0.6 is 0 Å². The van der Waals surface area contributed by atoms with E-state index >= 15 is 0 Å². The number of anilines is 2. The maximum absolute atomic E-state index is 13.0. The molecule has 0 saturated carbocycles. The molecule has 0 fully saturated rings. The van der Waals surface area contributed by atoms with Crippen molar-refractivity contribution >= 4 is 33.0 Å². The van der Waals surface area contributed by atoms with Crippen molar-refractivity contribution in [2.24, 2.45) is 0 Å². The van der Waals surface area contributed by atoms with Crippen molar-refractivity contribution in [3.05, 3.63) is 87.5 Å². The molecular weight excluding hydrogens is 434 g/mol. The Balaban J connectivity index is 1.95. The third kappa shape index (κ3) is 4.86. The topological polar surface area (TPSA) is 128 Å². The predicted molar refractivity (Wildman–Crippen MR) is 121 cm³/mol. The van der Waals surface area contributed by atoms with E-state index in [1.54, 1.807) is 32.0 Å². The summed E-state index contributed by atoms with van der Waals surface area (Å²) in [4.78, 5) is 23.0. The maximum Gasteiger partial charge on any atom is 0.271 e. The number of ether oxygens (including phenoxy) is 1. The minimum absolute atomic E-state index is 0.0838. The van der Waals surface area contributed by atoms with Crippen molar-refractivity contribution in [1.82, 2.24) is 0 Å². The van der Waals surface area contributed by atoms with Gasteiger partial charge in [0.25, 0.3) is 21.6 Å². The molecule has 0 aliphatic heterocycles. The van der Waals surface area contributed by atoms with E-state index in [-0.39, 0.29) is 27.7 Å². The molecule has 0 aliphatic rings. The Morgan fingerprint density at radius 3 is 2.34 bits per heavy atom. The summed E-state index contributed by atoms with van der Waals surface area (Å²) in [6, 6.07) is 14.9. The lowest BCUT2D eigenvalue weighted by Gasteiger charge is -2.15. The molecule has 0 spiro atoms. The molecule has 1 amide bonds. The van der Waals surface area contributed by atoms with E-state index in [0.29, 0.717) is 11.1 Å². The highest BCUT2D eigenvalue weighted by Gasteiger charge is 2.20. The van der Waals surface area contributed by atoms with Crippen LogP contribution in [0.4, 0.5) is 17.1 Å². The molecule has 0 heterocycles. The molecule has 2 N–H and O–H groups in total. The molecule has 0 aromatic heterocycles. The summed E-state index contributed by atoms with van der Waals surface area (Å²) in [5.74, 6) is -0.143. The summed E-state index contributed by atoms with van der Waals surface area (Å²) in [7, 11) is -2.71. The van der Waals surface area contributed by atoms with E-state index in [0.717, 1.165) is 11.6 Å². The van der Waals surface area contributed by atoms with Gasteiger partial charge in [0.05, 0.1) is 28.3 Å². The second-order valence-corrected chi connectivity index (χ2v) is 8.68. The first kappa shape index (κ1) is 22.8. The number of rotatable bonds is 7. The minimum atomic E-state index is -4.11. The number of non-ortho nitro benzene ring substituents is 1. The average Bonchev–Trinajstić information content (AvgIpc) is 2.75. The van der Waals surface area contributed by atoms with Crippen molar-refractivity contribution in [3.63, 3.8) is 0 Å². The Labute approximate surface area is 185 Å². The summed E-state index contributed by atoms with van der Waals surface area (Å²) >= 11 is 0. The fraction of sp³-hybridized carbons (Fsp3) is 0.136. The molecule has 3 aromatic rings. The second-order valence-electron chi connectivity index (χ2n) is 6.99. The first-order valence-corrected chi connectivity index (χ1v) is 10.9. The van der Waals surface area contributed by atoms with Gasteiger partial charge in [-0.3, -0.25) is 19.6 Å². The lowest BCUT2D eigenvalue weighted by atomic mass is 10.1. The number of benzene rings is 3. The van der Waals surface area contributed by atoms with Crippen molar-refractivity contribution in [1.29, 1.82) is 0 Å². The highest BCUT2D eigenvalue weighted by atomic mass is 32.2. The van der Waals surface area contributed by atoms with E-state index in [4.69, 9.17) is 4.74 Å². The molecule has 3 rings (SSSR count). The number of methoxy groups -OCH3 is 1. The number of carbonyl (C=O) groups is 1. The van der Waals surface area contributed by atoms with Gasteiger partial charge in [-0.15, -0.1) is 0 Å². The minimum Gasteiger partial charge on any atom is -0.495 e. The van der Waals surface area contributed by atoms with Crippen LogP contribution in [0.1, 0.15) is 21.5 Å². The third-order valence-corrected chi connectivity index (χ3v) is 6.16. The first-order chi connectivity index (χ1) is 15.1. The number of amides is 1. The zero-order valence-corrected chi connectivity index (χ0v) is 18.4. The Morgan fingerprint density at radius 2 is 1.69 bits per heavy atom. The number of nitrogens with one attached hydrogen (secondary N) is 2. The fourth-order valence-corrected chi connectivity index (χ4v) is 4.15. The van der Waals surface area contributed by atoms with Crippen LogP contribution in [0.5, 0.6) is 5.75 Å². The molecule has 0 unspecified atom stereocenters. The SMILES string of the molecule is COc1ccc(S(=O)(=O)Nc2cc([N+](=O)[O-])ccc2C)cc1NC(=O)c1ccccc1C. The van der Waals surface area contributed by atoms with Crippen LogP contribution in [0.2, 0.25) is 0 Å². The summed E-state index contributed by atoms with van der Waals surface area (Å²) in [6.45, 7) is 3.42. The van der Waals surface area contributed by atoms with E-state index in [2.05, 4.69) is 10.0 Å². The van der Waals surface area contributed by atoms with Crippen LogP contribution in [0.3, 0.4) is 0 Å². The van der Waals surface area contributed by atoms with Gasteiger partial charge < -0.3 is 10.1 Å². The quantitative estimate of drug-likeness (QED) is 0.404. The monoisotopic (exact) mass is 455 g/mol. The van der Waals surface area contributed by atoms with Crippen LogP contribution in [0, 0.1) is 24.0 Å². The van der Waals surface area contributed by atoms with Gasteiger partial charge in [0.2, 0.25) is 0 Å². The van der Waals surface area contributed by atoms with Gasteiger partial charge in [-0.1, -0.05) is 24.3 Å². The number of nitrogens with zero attached hydrogens (tertiary/aromatic N) is 1. The Hall–Kier alpha value is -3.92. The van der Waals surface area contributed by atoms with Gasteiger partial charge in [-0.25, -0.2) is 8.42 Å². The fourth-order valence-electron chi connectivity index (χ4n) is 3.01. The maximum atomic E-state index is 13.0. The van der Waals surface area contributed by atoms with Gasteiger partial charge in [-0.05, 0) is 49.2 Å². The highest BCUT2D eigenvalue weighted by Crippen LogP contribution is 2.30. The van der Waals surface area contributed by atoms with Gasteiger partial charge in [0, 0.05) is 17.7 Å². The Bertz CT molecular complexity index is 1300. The lowest BCUT2D eigenvalue weighted by Crippen LogP contribution is -2.17. The summed E-state index contributed by atoms with van der Waals surface area (Å²) < 4.78 is 33.6. The zero-order chi connectivity index (χ0) is 23.5. The average molecular weight is 455 g/mol. The van der Waals surface area contributed by atoms with Crippen LogP contribution < -0.4 is 14.8 Å². The molecule has 0 atom stereocenters. The number of carbonyl (C=O) groups excluding carboxylic acids is 1. The molecule has 0 bridgehead atoms. The van der Waals surface area contributed by atoms with Gasteiger partial charge in [0.1, 0.15) is 5.75 Å². The van der Waals surface area contributed by atoms with Crippen LogP contribution in [-0.4, -0.2) is 26.4 Å². The number of nitro benzene ring substituents is 1. The summed E-state index contributed by atoms with van der Waals surface area (Å²) in [6.07, 6.45) is 0. The van der Waals surface area contributed by atoms with Crippen LogP contribution in [0.25, 0.3) is 0 Å². The standard InChI is InChI=1S/C22H21N3O6S/c1-14-6-4-5-7-18(14)22(26)23-20-13-17(10-11-21(20)31-3)32(29,30)24-19-12-16(25(27)28)9-8-15(19)2/h4-13,24H,1-3H3,(H,23,26). The predicted octanol–water partition coefficient (Wildman–Crippen LogP) is 4.27. The second kappa shape index (κ2) is 9.06. The van der Waals surface area contributed by atoms with Gasteiger partial charge in [-0.2, -0.15) is 0 Å². The number of hydrogen-bond acceptors (Lipinski definition) is 6. The highest BCUT2D eigenvalue weighted by molar-refractivity contribution is 7.92. The lowest BCUT2D eigenvalue weighted by molar-refractivity contribution is -0.384. The Morgan fingerprint density at radius 1 is 0.969 bits per heavy atom. The number of aryl methyl sites for hydroxylation is 2. The van der Waals surface area contributed by atoms with Crippen LogP contribution in [0.15, 0.2) is 65.6 Å². The van der Waals surface area contributed by atoms with Crippen molar-refractivity contribution in [2.45, 2.75) is 18.7 Å². The summed E-state index contributed by atoms with van der Waals surface area (Å²) in [5.41, 5.74) is 1.72. The third-order valence-electron chi connectivity index (χ3n) is 4.80. The molecule has 0 aliphatic carbocycles. The molecule has 3 aromatic carbocycles. The molecule has 9 nitrogen and oxygen atoms in total. The van der Waals surface area contributed by atoms with E-state index in [9.17, 15) is 23.3 Å². The molecule has 0 radical (unpaired) electrons. The van der Waals surface area contributed by atoms with E-state index in [1.807, 2.05) is 6.07 Å². The van der Waals surface area contributed by atoms with Crippen molar-refractivity contribution in [2.75, 3.05) is 17.1 Å². The summed E-state index contributed by atoms with van der Waals surface area (Å²) in [5, 5.41) is 13.7. The molecule has 10 heteroatoms. The first-order valence-electron chi connectivity index (χ1n) is 9.45. The number of nitro groups is 1.